The maximum atomic E-state index is 11.8. The maximum Gasteiger partial charge on any atom is 0.303 e. The van der Waals surface area contributed by atoms with Gasteiger partial charge in [-0.25, -0.2) is 5.84 Å². The number of hydrazine groups is 1. The topological polar surface area (TPSA) is 280 Å². The first kappa shape index (κ1) is 81.6. The lowest BCUT2D eigenvalue weighted by molar-refractivity contribution is -0.137. The molecule has 0 fully saturated rings. The Balaban J connectivity index is -0.000000675. The molecule has 0 aromatic carbocycles. The summed E-state index contributed by atoms with van der Waals surface area (Å²) in [5.74, 6) is 5.77. The molecular weight excluding hydrogens is 1010 g/mol. The number of aliphatic carboxylic acids is 1. The molecule has 21 nitrogen and oxygen atoms in total. The van der Waals surface area contributed by atoms with Crippen LogP contribution in [0, 0.1) is 5.92 Å². The number of carbonyl (C=O) groups is 4. The molecule has 0 aliphatic rings. The van der Waals surface area contributed by atoms with Gasteiger partial charge in [-0.3, -0.25) is 9.59 Å². The van der Waals surface area contributed by atoms with Crippen molar-refractivity contribution in [3.63, 3.8) is 0 Å². The summed E-state index contributed by atoms with van der Waals surface area (Å²) in [6, 6.07) is -0.537. The zero-order chi connectivity index (χ0) is 58.5. The van der Waals surface area contributed by atoms with Gasteiger partial charge in [-0.05, 0) is 58.4 Å². The summed E-state index contributed by atoms with van der Waals surface area (Å²) in [7, 11) is 2.90. The smallest absolute Gasteiger partial charge is 0.303 e. The van der Waals surface area contributed by atoms with E-state index in [-0.39, 0.29) is 12.3 Å². The number of carbonyl (C=O) groups excluding carboxylic acids is 3. The highest BCUT2D eigenvalue weighted by Gasteiger charge is 2.10. The molecule has 1 unspecified atom stereocenters. The molecule has 0 rings (SSSR count). The summed E-state index contributed by atoms with van der Waals surface area (Å²) in [6.07, 6.45) is 23.7. The molecule has 0 spiro atoms. The maximum absolute atomic E-state index is 11.8. The molecule has 0 heterocycles. The third-order valence-electron chi connectivity index (χ3n) is 10.6. The number of carboxylic acid groups (broad SMARTS) is 1. The molecule has 8 N–H and O–H groups in total. The van der Waals surface area contributed by atoms with Crippen molar-refractivity contribution in [2.75, 3.05) is 159 Å². The molecule has 0 aliphatic heterocycles. The fraction of sp³-hybridized carbons (Fsp3) is 0.895. The fourth-order valence-corrected chi connectivity index (χ4v) is 6.60. The standard InChI is InChI=1S/C29H62N4O10.C23H41NO5.C4H10.CH4O/c1-29(30)28-33(31)7-11-37-15-12-34-8-4-3-5-9-35-13-16-38-18-20-40-22-24-42-26-27-43-25-23-41-21-19-39-17-14-36-10-6-32-2;25-19-15-16-21(20-26)24-22(27)17-13-11-9-7-5-3-1-2-4-6-8-10-12-14-18-23(28)29;1-4(2)3;1-2/h28,32H,3-27,30-31H2,1-2H3;19-21H,1-18H2,(H,24,27)(H,28,29);4H,1-3H3;2H,1H3/b29-28-;;;. The van der Waals surface area contributed by atoms with Crippen molar-refractivity contribution < 1.29 is 76.8 Å². The lowest BCUT2D eigenvalue weighted by Gasteiger charge is -2.14. The van der Waals surface area contributed by atoms with Crippen LogP contribution in [0.25, 0.3) is 0 Å². The number of allylic oxidation sites excluding steroid dienone is 1. The van der Waals surface area contributed by atoms with E-state index in [0.29, 0.717) is 157 Å². The largest absolute Gasteiger partial charge is 0.481 e. The van der Waals surface area contributed by atoms with E-state index in [1.54, 1.807) is 13.1 Å². The van der Waals surface area contributed by atoms with Gasteiger partial charge in [0.05, 0.1) is 132 Å². The number of aldehydes is 2. The highest BCUT2D eigenvalue weighted by atomic mass is 16.6. The Morgan fingerprint density at radius 3 is 1.13 bits per heavy atom. The van der Waals surface area contributed by atoms with Gasteiger partial charge < -0.3 is 88.5 Å². The van der Waals surface area contributed by atoms with Gasteiger partial charge in [0.2, 0.25) is 5.91 Å². The minimum absolute atomic E-state index is 0.102. The number of rotatable bonds is 59. The zero-order valence-electron chi connectivity index (χ0n) is 50.0. The first-order valence-electron chi connectivity index (χ1n) is 29.2. The number of nitrogens with one attached hydrogen (secondary N) is 2. The lowest BCUT2D eigenvalue weighted by Crippen LogP contribution is -2.35. The highest BCUT2D eigenvalue weighted by molar-refractivity contribution is 5.79. The number of nitrogens with zero attached hydrogens (tertiary/aromatic N) is 1. The average molecular weight is 1130 g/mol. The predicted octanol–water partition coefficient (Wildman–Crippen LogP) is 6.78. The summed E-state index contributed by atoms with van der Waals surface area (Å²) in [5, 5.41) is 22.8. The Morgan fingerprint density at radius 2 is 0.808 bits per heavy atom. The summed E-state index contributed by atoms with van der Waals surface area (Å²) in [4.78, 5) is 43.3. The van der Waals surface area contributed by atoms with Gasteiger partial charge in [0.25, 0.3) is 0 Å². The quantitative estimate of drug-likeness (QED) is 0.0158. The van der Waals surface area contributed by atoms with Crippen molar-refractivity contribution in [1.82, 2.24) is 15.6 Å². The molecular formula is C57H117N5O16. The number of ether oxygens (including phenoxy) is 10. The number of aliphatic hydroxyl groups is 1. The Morgan fingerprint density at radius 1 is 0.500 bits per heavy atom. The van der Waals surface area contributed by atoms with E-state index in [9.17, 15) is 19.2 Å². The van der Waals surface area contributed by atoms with E-state index in [2.05, 4.69) is 31.4 Å². The van der Waals surface area contributed by atoms with Crippen molar-refractivity contribution in [2.24, 2.45) is 17.5 Å². The third kappa shape index (κ3) is 84.4. The van der Waals surface area contributed by atoms with Crippen molar-refractivity contribution in [2.45, 2.75) is 169 Å². The van der Waals surface area contributed by atoms with Crippen LogP contribution < -0.4 is 22.2 Å². The summed E-state index contributed by atoms with van der Waals surface area (Å²) >= 11 is 0. The Labute approximate surface area is 472 Å². The minimum atomic E-state index is -0.689. The van der Waals surface area contributed by atoms with Gasteiger partial charge in [-0.2, -0.15) is 0 Å². The lowest BCUT2D eigenvalue weighted by atomic mass is 10.0. The van der Waals surface area contributed by atoms with Crippen molar-refractivity contribution in [3.8, 4) is 0 Å². The van der Waals surface area contributed by atoms with Crippen LogP contribution in [0.3, 0.4) is 0 Å². The summed E-state index contributed by atoms with van der Waals surface area (Å²) < 4.78 is 54.8. The fourth-order valence-electron chi connectivity index (χ4n) is 6.60. The van der Waals surface area contributed by atoms with Crippen LogP contribution in [0.4, 0.5) is 0 Å². The predicted molar refractivity (Wildman–Crippen MR) is 308 cm³/mol. The molecule has 78 heavy (non-hydrogen) atoms. The second kappa shape index (κ2) is 74.1. The number of hydrogen-bond donors (Lipinski definition) is 6. The number of unbranched alkanes of at least 4 members (excludes halogenated alkanes) is 15. The zero-order valence-corrected chi connectivity index (χ0v) is 50.0. The van der Waals surface area contributed by atoms with Crippen LogP contribution in [0.5, 0.6) is 0 Å². The normalized spacial score (nSPS) is 11.5. The van der Waals surface area contributed by atoms with Crippen molar-refractivity contribution in [1.29, 1.82) is 0 Å². The van der Waals surface area contributed by atoms with E-state index in [0.717, 1.165) is 96.9 Å². The van der Waals surface area contributed by atoms with Crippen LogP contribution >= 0.6 is 0 Å². The Bertz CT molecular complexity index is 1220. The third-order valence-corrected chi connectivity index (χ3v) is 10.6. The molecule has 0 bridgehead atoms. The number of aliphatic hydroxyl groups excluding tert-OH is 1. The Kier molecular flexibility index (Phi) is 77.5. The van der Waals surface area contributed by atoms with E-state index in [1.165, 1.54) is 56.4 Å². The molecule has 0 aromatic heterocycles. The van der Waals surface area contributed by atoms with Gasteiger partial charge in [-0.1, -0.05) is 97.8 Å². The van der Waals surface area contributed by atoms with E-state index >= 15 is 0 Å². The monoisotopic (exact) mass is 1130 g/mol. The summed E-state index contributed by atoms with van der Waals surface area (Å²) in [5.41, 5.74) is 6.22. The number of hydrogen-bond acceptors (Lipinski definition) is 19. The number of amides is 1. The average Bonchev–Trinajstić information content (AvgIpc) is 3.41. The molecule has 0 saturated carbocycles. The second-order valence-corrected chi connectivity index (χ2v) is 19.0. The van der Waals surface area contributed by atoms with E-state index in [1.807, 2.05) is 7.05 Å². The minimum Gasteiger partial charge on any atom is -0.481 e. The van der Waals surface area contributed by atoms with Crippen LogP contribution in [-0.2, 0) is 66.5 Å². The molecule has 0 radical (unpaired) electrons. The van der Waals surface area contributed by atoms with Crippen LogP contribution in [0.2, 0.25) is 0 Å². The molecule has 0 aliphatic carbocycles. The first-order chi connectivity index (χ1) is 38.0. The van der Waals surface area contributed by atoms with Crippen LogP contribution in [-0.4, -0.2) is 205 Å². The molecule has 0 aromatic rings. The van der Waals surface area contributed by atoms with Crippen molar-refractivity contribution >= 4 is 24.4 Å². The highest BCUT2D eigenvalue weighted by Crippen LogP contribution is 2.14. The molecule has 466 valence electrons. The van der Waals surface area contributed by atoms with Crippen LogP contribution in [0.1, 0.15) is 163 Å². The van der Waals surface area contributed by atoms with Gasteiger partial charge in [0.15, 0.2) is 0 Å². The Hall–Kier alpha value is -2.90. The molecule has 0 saturated heterocycles. The van der Waals surface area contributed by atoms with Crippen LogP contribution in [0.15, 0.2) is 11.9 Å². The molecule has 1 amide bonds. The van der Waals surface area contributed by atoms with Crippen molar-refractivity contribution in [3.05, 3.63) is 11.9 Å². The number of nitrogens with two attached hydrogens (primary N) is 2. The first-order valence-corrected chi connectivity index (χ1v) is 29.2. The SMILES string of the molecule is CC(C)C.CNCCOCCOCCOCCOCCOCCOCCOCCOCCCCCOCCOCCN(N)/C=C(/C)N.CO.O=CCCC(C=O)NC(=O)CCCCCCCCCCCCCCCCC(=O)O. The molecule has 21 heteroatoms. The number of carboxylic acids is 1. The van der Waals surface area contributed by atoms with Gasteiger partial charge in [0.1, 0.15) is 12.6 Å². The summed E-state index contributed by atoms with van der Waals surface area (Å²) in [6.45, 7) is 21.2. The van der Waals surface area contributed by atoms with E-state index in [4.69, 9.17) is 69.2 Å². The number of likely N-dealkylation sites (N-methyl/N-ethyl adjacent to an activating group) is 1. The molecule has 1 atom stereocenters. The van der Waals surface area contributed by atoms with Gasteiger partial charge in [0, 0.05) is 58.0 Å². The van der Waals surface area contributed by atoms with E-state index < -0.39 is 12.0 Å². The van der Waals surface area contributed by atoms with Gasteiger partial charge >= 0.3 is 5.97 Å². The second-order valence-electron chi connectivity index (χ2n) is 19.0. The van der Waals surface area contributed by atoms with Gasteiger partial charge in [-0.15, -0.1) is 0 Å².